The van der Waals surface area contributed by atoms with Crippen LogP contribution in [0.15, 0.2) is 54.6 Å². The van der Waals surface area contributed by atoms with Crippen molar-refractivity contribution >= 4 is 17.5 Å². The highest BCUT2D eigenvalue weighted by molar-refractivity contribution is 5.93. The maximum absolute atomic E-state index is 12.6. The second-order valence-corrected chi connectivity index (χ2v) is 7.15. The first-order valence-electron chi connectivity index (χ1n) is 9.76. The van der Waals surface area contributed by atoms with Crippen molar-refractivity contribution < 1.29 is 27.5 Å². The number of piperidine rings is 1. The van der Waals surface area contributed by atoms with E-state index in [4.69, 9.17) is 4.74 Å². The van der Waals surface area contributed by atoms with Crippen LogP contribution in [0.5, 0.6) is 5.75 Å². The van der Waals surface area contributed by atoms with Gasteiger partial charge in [0.15, 0.2) is 0 Å². The minimum Gasteiger partial charge on any atom is -0.493 e. The molecule has 0 bridgehead atoms. The molecule has 1 fully saturated rings. The summed E-state index contributed by atoms with van der Waals surface area (Å²) in [7, 11) is 0. The molecular weight excluding hydrogens is 397 g/mol. The van der Waals surface area contributed by atoms with Crippen LogP contribution in [-0.4, -0.2) is 36.4 Å². The van der Waals surface area contributed by atoms with Crippen LogP contribution < -0.4 is 10.1 Å². The Hall–Kier alpha value is -3.03. The van der Waals surface area contributed by atoms with E-state index in [0.717, 1.165) is 12.1 Å². The largest absolute Gasteiger partial charge is 0.493 e. The number of carbonyl (C=O) groups is 2. The number of nitrogens with one attached hydrogen (secondary N) is 1. The van der Waals surface area contributed by atoms with Crippen LogP contribution in [0.4, 0.5) is 18.9 Å². The zero-order chi connectivity index (χ0) is 21.6. The Morgan fingerprint density at radius 1 is 1.07 bits per heavy atom. The van der Waals surface area contributed by atoms with E-state index in [2.05, 4.69) is 5.32 Å². The molecule has 1 aliphatic rings. The molecule has 8 heteroatoms. The SMILES string of the molecule is O=C(Nc1ccc(C(F)(F)F)cc1)C1CCCN(C(=O)CCOc2ccccc2)C1. The minimum atomic E-state index is -4.42. The fraction of sp³-hybridized carbons (Fsp3) is 0.364. The van der Waals surface area contributed by atoms with Crippen LogP contribution in [0.1, 0.15) is 24.8 Å². The van der Waals surface area contributed by atoms with E-state index in [1.165, 1.54) is 12.1 Å². The maximum atomic E-state index is 12.6. The van der Waals surface area contributed by atoms with Crippen LogP contribution in [0, 0.1) is 5.92 Å². The summed E-state index contributed by atoms with van der Waals surface area (Å²) < 4.78 is 43.5. The predicted molar refractivity (Wildman–Crippen MR) is 106 cm³/mol. The van der Waals surface area contributed by atoms with Crippen molar-refractivity contribution in [1.29, 1.82) is 0 Å². The third-order valence-electron chi connectivity index (χ3n) is 4.95. The van der Waals surface area contributed by atoms with E-state index < -0.39 is 17.7 Å². The second kappa shape index (κ2) is 9.65. The fourth-order valence-electron chi connectivity index (χ4n) is 3.34. The number of ether oxygens (including phenoxy) is 1. The van der Waals surface area contributed by atoms with Gasteiger partial charge in [-0.05, 0) is 49.2 Å². The van der Waals surface area contributed by atoms with Crippen molar-refractivity contribution in [2.75, 3.05) is 25.0 Å². The molecule has 1 saturated heterocycles. The van der Waals surface area contributed by atoms with E-state index in [1.54, 1.807) is 4.90 Å². The number of alkyl halides is 3. The number of anilines is 1. The maximum Gasteiger partial charge on any atom is 0.416 e. The van der Waals surface area contributed by atoms with E-state index >= 15 is 0 Å². The Morgan fingerprint density at radius 3 is 2.43 bits per heavy atom. The zero-order valence-electron chi connectivity index (χ0n) is 16.3. The quantitative estimate of drug-likeness (QED) is 0.756. The first kappa shape index (κ1) is 21.7. The standard InChI is InChI=1S/C22H23F3N2O3/c23-22(24,25)17-8-10-18(11-9-17)26-21(29)16-5-4-13-27(15-16)20(28)12-14-30-19-6-2-1-3-7-19/h1-3,6-11,16H,4-5,12-15H2,(H,26,29). The van der Waals surface area contributed by atoms with Gasteiger partial charge in [0.2, 0.25) is 11.8 Å². The Labute approximate surface area is 172 Å². The number of benzene rings is 2. The lowest BCUT2D eigenvalue weighted by molar-refractivity contribution is -0.137. The Morgan fingerprint density at radius 2 is 1.77 bits per heavy atom. The Bertz CT molecular complexity index is 854. The van der Waals surface area contributed by atoms with Crippen molar-refractivity contribution in [2.45, 2.75) is 25.4 Å². The molecule has 1 atom stereocenters. The van der Waals surface area contributed by atoms with Gasteiger partial charge >= 0.3 is 6.18 Å². The van der Waals surface area contributed by atoms with Crippen molar-refractivity contribution in [3.63, 3.8) is 0 Å². The first-order valence-corrected chi connectivity index (χ1v) is 9.76. The van der Waals surface area contributed by atoms with Gasteiger partial charge in [0.25, 0.3) is 0 Å². The molecule has 3 rings (SSSR count). The number of nitrogens with zero attached hydrogens (tertiary/aromatic N) is 1. The van der Waals surface area contributed by atoms with Crippen LogP contribution in [0.3, 0.4) is 0 Å². The number of halogens is 3. The van der Waals surface area contributed by atoms with Crippen LogP contribution >= 0.6 is 0 Å². The Balaban J connectivity index is 1.48. The molecule has 160 valence electrons. The summed E-state index contributed by atoms with van der Waals surface area (Å²) in [6.07, 6.45) is -2.90. The lowest BCUT2D eigenvalue weighted by Gasteiger charge is -2.32. The molecule has 5 nitrogen and oxygen atoms in total. The van der Waals surface area contributed by atoms with Crippen molar-refractivity contribution in [3.8, 4) is 5.75 Å². The van der Waals surface area contributed by atoms with E-state index in [-0.39, 0.29) is 31.4 Å². The third-order valence-corrected chi connectivity index (χ3v) is 4.95. The zero-order valence-corrected chi connectivity index (χ0v) is 16.3. The molecule has 1 aliphatic heterocycles. The molecule has 2 amide bonds. The molecular formula is C22H23F3N2O3. The summed E-state index contributed by atoms with van der Waals surface area (Å²) in [5.74, 6) is -0.0940. The second-order valence-electron chi connectivity index (χ2n) is 7.15. The van der Waals surface area contributed by atoms with Crippen molar-refractivity contribution in [2.24, 2.45) is 5.92 Å². The molecule has 0 radical (unpaired) electrons. The summed E-state index contributed by atoms with van der Waals surface area (Å²) in [5, 5.41) is 2.65. The number of para-hydroxylation sites is 1. The number of hydrogen-bond donors (Lipinski definition) is 1. The summed E-state index contributed by atoms with van der Waals surface area (Å²) in [4.78, 5) is 26.6. The topological polar surface area (TPSA) is 58.6 Å². The van der Waals surface area contributed by atoms with Gasteiger partial charge in [-0.25, -0.2) is 0 Å². The smallest absolute Gasteiger partial charge is 0.416 e. The van der Waals surface area contributed by atoms with Crippen LogP contribution in [0.25, 0.3) is 0 Å². The highest BCUT2D eigenvalue weighted by Crippen LogP contribution is 2.30. The van der Waals surface area contributed by atoms with Crippen LogP contribution in [0.2, 0.25) is 0 Å². The lowest BCUT2D eigenvalue weighted by atomic mass is 9.96. The summed E-state index contributed by atoms with van der Waals surface area (Å²) >= 11 is 0. The van der Waals surface area contributed by atoms with Gasteiger partial charge in [-0.15, -0.1) is 0 Å². The van der Waals surface area contributed by atoms with Gasteiger partial charge in [0.05, 0.1) is 24.5 Å². The van der Waals surface area contributed by atoms with Gasteiger partial charge in [0.1, 0.15) is 5.75 Å². The molecule has 1 heterocycles. The van der Waals surface area contributed by atoms with Crippen molar-refractivity contribution in [1.82, 2.24) is 4.90 Å². The highest BCUT2D eigenvalue weighted by atomic mass is 19.4. The number of likely N-dealkylation sites (tertiary alicyclic amines) is 1. The molecule has 2 aromatic carbocycles. The average Bonchev–Trinajstić information content (AvgIpc) is 2.74. The minimum absolute atomic E-state index is 0.0852. The normalized spacial score (nSPS) is 16.8. The fourth-order valence-corrected chi connectivity index (χ4v) is 3.34. The summed E-state index contributed by atoms with van der Waals surface area (Å²) in [6, 6.07) is 13.5. The molecule has 0 saturated carbocycles. The van der Waals surface area contributed by atoms with Crippen molar-refractivity contribution in [3.05, 3.63) is 60.2 Å². The van der Waals surface area contributed by atoms with Crippen LogP contribution in [-0.2, 0) is 15.8 Å². The molecule has 1 unspecified atom stereocenters. The van der Waals surface area contributed by atoms with E-state index in [9.17, 15) is 22.8 Å². The van der Waals surface area contributed by atoms with Gasteiger partial charge < -0.3 is 15.0 Å². The number of carbonyl (C=O) groups excluding carboxylic acids is 2. The van der Waals surface area contributed by atoms with E-state index in [1.807, 2.05) is 30.3 Å². The van der Waals surface area contributed by atoms with Gasteiger partial charge in [-0.3, -0.25) is 9.59 Å². The average molecular weight is 420 g/mol. The summed E-state index contributed by atoms with van der Waals surface area (Å²) in [5.41, 5.74) is -0.472. The molecule has 0 spiro atoms. The molecule has 1 N–H and O–H groups in total. The highest BCUT2D eigenvalue weighted by Gasteiger charge is 2.31. The third kappa shape index (κ3) is 5.98. The number of hydrogen-bond acceptors (Lipinski definition) is 3. The van der Waals surface area contributed by atoms with E-state index in [0.29, 0.717) is 30.8 Å². The van der Waals surface area contributed by atoms with Gasteiger partial charge in [-0.1, -0.05) is 18.2 Å². The first-order chi connectivity index (χ1) is 14.3. The van der Waals surface area contributed by atoms with Gasteiger partial charge in [0, 0.05) is 18.8 Å². The summed E-state index contributed by atoms with van der Waals surface area (Å²) in [6.45, 7) is 1.12. The lowest BCUT2D eigenvalue weighted by Crippen LogP contribution is -2.44. The number of amides is 2. The Kier molecular flexibility index (Phi) is 6.97. The number of rotatable bonds is 6. The molecule has 0 aliphatic carbocycles. The molecule has 2 aromatic rings. The monoisotopic (exact) mass is 420 g/mol. The van der Waals surface area contributed by atoms with Gasteiger partial charge in [-0.2, -0.15) is 13.2 Å². The molecule has 30 heavy (non-hydrogen) atoms. The predicted octanol–water partition coefficient (Wildman–Crippen LogP) is 4.35. The molecule has 0 aromatic heterocycles.